The third-order valence-electron chi connectivity index (χ3n) is 6.56. The number of hydrogen-bond acceptors (Lipinski definition) is 3. The van der Waals surface area contributed by atoms with Crippen LogP contribution in [0.1, 0.15) is 56.8 Å². The summed E-state index contributed by atoms with van der Waals surface area (Å²) in [6.45, 7) is 7.98. The van der Waals surface area contributed by atoms with Gasteiger partial charge >= 0.3 is 0 Å². The molecule has 188 valence electrons. The highest BCUT2D eigenvalue weighted by atomic mass is 16.3. The van der Waals surface area contributed by atoms with Crippen molar-refractivity contribution in [2.45, 2.75) is 33.1 Å². The molecule has 2 amide bonds. The van der Waals surface area contributed by atoms with E-state index in [0.717, 1.165) is 22.3 Å². The van der Waals surface area contributed by atoms with Crippen LogP contribution < -0.4 is 10.6 Å². The zero-order chi connectivity index (χ0) is 26.7. The molecule has 0 saturated heterocycles. The largest absolute Gasteiger partial charge is 0.592 e. The van der Waals surface area contributed by atoms with Crippen LogP contribution in [0.3, 0.4) is 0 Å². The number of carbonyl (C=O) groups excluding carboxylic acids is 2. The third kappa shape index (κ3) is 5.64. The first-order valence-corrected chi connectivity index (χ1v) is 12.0. The van der Waals surface area contributed by atoms with Crippen molar-refractivity contribution in [1.82, 2.24) is 0 Å². The monoisotopic (exact) mass is 495 g/mol. The van der Waals surface area contributed by atoms with E-state index in [2.05, 4.69) is 24.5 Å². The van der Waals surface area contributed by atoms with Crippen molar-refractivity contribution in [3.8, 4) is 11.5 Å². The van der Waals surface area contributed by atoms with Gasteiger partial charge < -0.3 is 20.8 Å². The maximum Gasteiger partial charge on any atom is 0.277 e. The van der Waals surface area contributed by atoms with Crippen molar-refractivity contribution in [2.24, 2.45) is 0 Å². The van der Waals surface area contributed by atoms with E-state index in [1.54, 1.807) is 54.6 Å². The average molecular weight is 496 g/mol. The lowest BCUT2D eigenvalue weighted by Crippen LogP contribution is -2.20. The normalized spacial score (nSPS) is 11.1. The first kappa shape index (κ1) is 25.5. The lowest BCUT2D eigenvalue weighted by molar-refractivity contribution is 0.101. The molecule has 0 aromatic heterocycles. The second kappa shape index (κ2) is 10.2. The van der Waals surface area contributed by atoms with Crippen LogP contribution in [0.5, 0.6) is 11.5 Å². The van der Waals surface area contributed by atoms with Gasteiger partial charge in [-0.1, -0.05) is 50.2 Å². The smallest absolute Gasteiger partial charge is 0.277 e. The van der Waals surface area contributed by atoms with E-state index >= 15 is 0 Å². The van der Waals surface area contributed by atoms with Gasteiger partial charge in [-0.25, -0.2) is 0 Å². The second-order valence-corrected chi connectivity index (χ2v) is 9.76. The fraction of sp³-hybridized carbons (Fsp3) is 0.161. The summed E-state index contributed by atoms with van der Waals surface area (Å²) in [5.41, 5.74) is 5.41. The van der Waals surface area contributed by atoms with E-state index in [-0.39, 0.29) is 28.7 Å². The first-order chi connectivity index (χ1) is 17.5. The second-order valence-electron chi connectivity index (χ2n) is 9.76. The number of anilines is 2. The number of hydrogen-bond donors (Lipinski definition) is 3. The molecule has 0 heterocycles. The van der Waals surface area contributed by atoms with Crippen LogP contribution in [0, 0.1) is 13.8 Å². The topological polar surface area (TPSA) is 101 Å². The Labute approximate surface area is 216 Å². The fourth-order valence-electron chi connectivity index (χ4n) is 4.14. The van der Waals surface area contributed by atoms with Crippen LogP contribution in [-0.2, 0) is 5.41 Å². The number of nitrogens with one attached hydrogen (secondary N) is 2. The highest BCUT2D eigenvalue weighted by Gasteiger charge is 2.24. The van der Waals surface area contributed by atoms with E-state index in [0.29, 0.717) is 22.5 Å². The molecule has 4 aromatic rings. The Balaban J connectivity index is 1.47. The Morgan fingerprint density at radius 1 is 0.676 bits per heavy atom. The Morgan fingerprint density at radius 2 is 1.11 bits per heavy atom. The van der Waals surface area contributed by atoms with Gasteiger partial charge in [-0.15, -0.1) is 0 Å². The predicted molar refractivity (Wildman–Crippen MR) is 148 cm³/mol. The minimum Gasteiger partial charge on any atom is -0.592 e. The molecule has 0 atom stereocenters. The summed E-state index contributed by atoms with van der Waals surface area (Å²) in [4.78, 5) is 25.4. The highest BCUT2D eigenvalue weighted by Crippen LogP contribution is 2.32. The van der Waals surface area contributed by atoms with Crippen LogP contribution in [0.4, 0.5) is 11.4 Å². The van der Waals surface area contributed by atoms with Crippen LogP contribution in [0.2, 0.25) is 0 Å². The molecule has 6 heteroatoms. The minimum absolute atomic E-state index is 0.0212. The molecular formula is C31H31N2O4+. The molecule has 0 unspecified atom stereocenters. The number of amides is 2. The minimum atomic E-state index is -0.371. The Morgan fingerprint density at radius 3 is 1.62 bits per heavy atom. The van der Waals surface area contributed by atoms with Gasteiger partial charge in [-0.2, -0.15) is 0 Å². The summed E-state index contributed by atoms with van der Waals surface area (Å²) in [7, 11) is 0. The summed E-state index contributed by atoms with van der Waals surface area (Å²) >= 11 is 0. The van der Waals surface area contributed by atoms with E-state index in [9.17, 15) is 14.7 Å². The van der Waals surface area contributed by atoms with Crippen molar-refractivity contribution >= 4 is 23.2 Å². The van der Waals surface area contributed by atoms with Gasteiger partial charge in [0.2, 0.25) is 0 Å². The standard InChI is InChI=1S/C31H30N2O4/c1-19-5-15-27(34)25(17-19)32-29(36)21-7-11-23(12-8-21)31(3,4)24-13-9-22(10-14-24)30(37)33-26-18-20(2)6-16-28(26)35/h5-18,34-35H,1-4H3,(H,32,36)(H,33,37)/p+1. The van der Waals surface area contributed by atoms with Gasteiger partial charge in [0.1, 0.15) is 11.4 Å². The molecule has 0 radical (unpaired) electrons. The molecule has 0 aliphatic rings. The van der Waals surface area contributed by atoms with Gasteiger partial charge in [0.15, 0.2) is 0 Å². The maximum absolute atomic E-state index is 12.7. The van der Waals surface area contributed by atoms with Crippen molar-refractivity contribution < 1.29 is 19.8 Å². The average Bonchev–Trinajstić information content (AvgIpc) is 2.88. The molecule has 37 heavy (non-hydrogen) atoms. The van der Waals surface area contributed by atoms with E-state index in [1.165, 1.54) is 0 Å². The molecule has 4 rings (SSSR count). The molecule has 4 aromatic carbocycles. The van der Waals surface area contributed by atoms with Crippen molar-refractivity contribution in [3.63, 3.8) is 0 Å². The van der Waals surface area contributed by atoms with Crippen LogP contribution in [0.15, 0.2) is 84.9 Å². The SMILES string of the molecule is Cc1ccc(O)c(NC(=O)c2ccc(C(C)(C)c3ccc(C(=O)Nc4cc(C)ccc4[OH2+])cc3)cc2)c1. The lowest BCUT2D eigenvalue weighted by Gasteiger charge is -2.26. The fourth-order valence-corrected chi connectivity index (χ4v) is 4.14. The maximum atomic E-state index is 12.7. The molecule has 0 spiro atoms. The van der Waals surface area contributed by atoms with Gasteiger partial charge in [0.05, 0.1) is 5.69 Å². The molecule has 0 bridgehead atoms. The zero-order valence-corrected chi connectivity index (χ0v) is 21.3. The third-order valence-corrected chi connectivity index (χ3v) is 6.56. The highest BCUT2D eigenvalue weighted by molar-refractivity contribution is 6.05. The zero-order valence-electron chi connectivity index (χ0n) is 21.3. The quantitative estimate of drug-likeness (QED) is 0.217. The molecule has 0 fully saturated rings. The molecule has 6 nitrogen and oxygen atoms in total. The number of aromatic hydroxyl groups is 1. The summed E-state index contributed by atoms with van der Waals surface area (Å²) < 4.78 is 0. The summed E-state index contributed by atoms with van der Waals surface area (Å²) in [5.74, 6) is -0.277. The van der Waals surface area contributed by atoms with Crippen LogP contribution in [-0.4, -0.2) is 22.0 Å². The molecule has 0 aliphatic heterocycles. The molecular weight excluding hydrogens is 464 g/mol. The number of rotatable bonds is 6. The predicted octanol–water partition coefficient (Wildman–Crippen LogP) is 6.28. The van der Waals surface area contributed by atoms with Gasteiger partial charge in [0.25, 0.3) is 17.6 Å². The summed E-state index contributed by atoms with van der Waals surface area (Å²) in [6, 6.07) is 25.1. The lowest BCUT2D eigenvalue weighted by atomic mass is 9.77. The van der Waals surface area contributed by atoms with Crippen LogP contribution >= 0.6 is 0 Å². The first-order valence-electron chi connectivity index (χ1n) is 12.0. The van der Waals surface area contributed by atoms with Crippen LogP contribution in [0.25, 0.3) is 0 Å². The van der Waals surface area contributed by atoms with Gasteiger partial charge in [-0.05, 0) is 78.6 Å². The van der Waals surface area contributed by atoms with Gasteiger partial charge in [-0.3, -0.25) is 9.59 Å². The number of phenolic OH excluding ortho intramolecular Hbond substituents is 1. The summed E-state index contributed by atoms with van der Waals surface area (Å²) in [6.07, 6.45) is 0. The van der Waals surface area contributed by atoms with E-state index in [4.69, 9.17) is 5.11 Å². The number of benzene rings is 4. The van der Waals surface area contributed by atoms with Crippen molar-refractivity contribution in [1.29, 1.82) is 0 Å². The Hall–Kier alpha value is -4.58. The molecule has 0 aliphatic carbocycles. The van der Waals surface area contributed by atoms with E-state index < -0.39 is 0 Å². The summed E-state index contributed by atoms with van der Waals surface area (Å²) in [5, 5.41) is 23.6. The van der Waals surface area contributed by atoms with Crippen molar-refractivity contribution in [3.05, 3.63) is 118 Å². The van der Waals surface area contributed by atoms with Gasteiger partial charge in [0, 0.05) is 22.6 Å². The Bertz CT molecular complexity index is 1350. The molecule has 0 saturated carbocycles. The number of phenols is 1. The molecule has 5 N–H and O–H groups in total. The van der Waals surface area contributed by atoms with E-state index in [1.807, 2.05) is 44.2 Å². The Kier molecular flexibility index (Phi) is 7.02. The number of aryl methyl sites for hydroxylation is 2. The van der Waals surface area contributed by atoms with Crippen molar-refractivity contribution in [2.75, 3.05) is 10.6 Å². The number of carbonyl (C=O) groups is 2.